The molecule has 0 saturated heterocycles. The molecule has 5 nitrogen and oxygen atoms in total. The number of halogens is 2. The van der Waals surface area contributed by atoms with Crippen LogP contribution in [-0.4, -0.2) is 35.4 Å². The molecule has 0 fully saturated rings. The van der Waals surface area contributed by atoms with Gasteiger partial charge >= 0.3 is 0 Å². The number of carbonyl (C=O) groups is 2. The average molecular weight is 527 g/mol. The Morgan fingerprint density at radius 1 is 0.917 bits per heavy atom. The van der Waals surface area contributed by atoms with E-state index < -0.39 is 6.04 Å². The molecular formula is C29H32Cl2N2O3. The van der Waals surface area contributed by atoms with E-state index in [2.05, 4.69) is 5.32 Å². The van der Waals surface area contributed by atoms with Crippen LogP contribution in [0.25, 0.3) is 0 Å². The minimum atomic E-state index is -0.737. The number of benzene rings is 3. The fourth-order valence-electron chi connectivity index (χ4n) is 3.98. The number of ether oxygens (including phenoxy) is 1. The highest BCUT2D eigenvalue weighted by atomic mass is 35.5. The Morgan fingerprint density at radius 2 is 1.56 bits per heavy atom. The quantitative estimate of drug-likeness (QED) is 0.344. The predicted molar refractivity (Wildman–Crippen MR) is 146 cm³/mol. The van der Waals surface area contributed by atoms with E-state index in [-0.39, 0.29) is 31.0 Å². The number of hydrogen-bond donors (Lipinski definition) is 1. The molecule has 0 radical (unpaired) electrons. The van der Waals surface area contributed by atoms with Gasteiger partial charge in [0, 0.05) is 29.1 Å². The van der Waals surface area contributed by atoms with Gasteiger partial charge in [0.15, 0.2) is 6.61 Å². The highest BCUT2D eigenvalue weighted by Gasteiger charge is 2.31. The summed E-state index contributed by atoms with van der Waals surface area (Å²) in [5, 5.41) is 4.21. The van der Waals surface area contributed by atoms with E-state index in [1.54, 1.807) is 29.2 Å². The SMILES string of the molecule is Cc1cc(OCC(=O)N(Cc2cccc(Cl)c2)[C@H](Cc2ccccc2)C(=O)NC(C)C)cc(C)c1Cl. The van der Waals surface area contributed by atoms with Crippen LogP contribution in [0.4, 0.5) is 0 Å². The summed E-state index contributed by atoms with van der Waals surface area (Å²) in [6, 6.07) is 19.8. The van der Waals surface area contributed by atoms with Gasteiger partial charge in [0.1, 0.15) is 11.8 Å². The van der Waals surface area contributed by atoms with Gasteiger partial charge in [-0.05, 0) is 74.2 Å². The van der Waals surface area contributed by atoms with Gasteiger partial charge in [-0.25, -0.2) is 0 Å². The minimum absolute atomic E-state index is 0.0739. The summed E-state index contributed by atoms with van der Waals surface area (Å²) >= 11 is 12.5. The molecule has 190 valence electrons. The lowest BCUT2D eigenvalue weighted by Crippen LogP contribution is -2.52. The standard InChI is InChI=1S/C29H32Cl2N2O3/c1-19(2)32-29(35)26(16-22-9-6-5-7-10-22)33(17-23-11-8-12-24(30)15-23)27(34)18-36-25-13-20(3)28(31)21(4)14-25/h5-15,19,26H,16-18H2,1-4H3,(H,32,35)/t26-/m1/s1. The second-order valence-electron chi connectivity index (χ2n) is 9.18. The summed E-state index contributed by atoms with van der Waals surface area (Å²) < 4.78 is 5.88. The maximum atomic E-state index is 13.6. The van der Waals surface area contributed by atoms with Gasteiger partial charge < -0.3 is 15.0 Å². The lowest BCUT2D eigenvalue weighted by molar-refractivity contribution is -0.143. The second kappa shape index (κ2) is 12.8. The molecule has 3 aromatic rings. The lowest BCUT2D eigenvalue weighted by Gasteiger charge is -2.32. The van der Waals surface area contributed by atoms with Crippen molar-refractivity contribution in [3.05, 3.63) is 99.0 Å². The van der Waals surface area contributed by atoms with E-state index >= 15 is 0 Å². The fraction of sp³-hybridized carbons (Fsp3) is 0.310. The average Bonchev–Trinajstić information content (AvgIpc) is 2.83. The Morgan fingerprint density at radius 3 is 2.17 bits per heavy atom. The molecule has 3 aromatic carbocycles. The first-order chi connectivity index (χ1) is 17.1. The number of nitrogens with zero attached hydrogens (tertiary/aromatic N) is 1. The van der Waals surface area contributed by atoms with Gasteiger partial charge in [0.2, 0.25) is 5.91 Å². The summed E-state index contributed by atoms with van der Waals surface area (Å²) in [6.07, 6.45) is 0.366. The maximum Gasteiger partial charge on any atom is 0.261 e. The summed E-state index contributed by atoms with van der Waals surface area (Å²) in [6.45, 7) is 7.57. The molecule has 7 heteroatoms. The fourth-order valence-corrected chi connectivity index (χ4v) is 4.31. The monoisotopic (exact) mass is 526 g/mol. The summed E-state index contributed by atoms with van der Waals surface area (Å²) in [5.41, 5.74) is 3.51. The van der Waals surface area contributed by atoms with Gasteiger partial charge in [-0.3, -0.25) is 9.59 Å². The predicted octanol–water partition coefficient (Wildman–Crippen LogP) is 6.15. The summed E-state index contributed by atoms with van der Waals surface area (Å²) in [5.74, 6) is 0.0270. The number of hydrogen-bond acceptors (Lipinski definition) is 3. The Balaban J connectivity index is 1.92. The van der Waals surface area contributed by atoms with Crippen molar-refractivity contribution in [2.45, 2.75) is 52.7 Å². The van der Waals surface area contributed by atoms with E-state index in [0.717, 1.165) is 22.3 Å². The highest BCUT2D eigenvalue weighted by Crippen LogP contribution is 2.26. The van der Waals surface area contributed by atoms with Crippen LogP contribution in [0.1, 0.15) is 36.1 Å². The van der Waals surface area contributed by atoms with Gasteiger partial charge in [-0.15, -0.1) is 0 Å². The normalized spacial score (nSPS) is 11.8. The first-order valence-electron chi connectivity index (χ1n) is 11.9. The van der Waals surface area contributed by atoms with Crippen LogP contribution in [0.2, 0.25) is 10.0 Å². The molecule has 36 heavy (non-hydrogen) atoms. The maximum absolute atomic E-state index is 13.6. The van der Waals surface area contributed by atoms with Gasteiger partial charge in [-0.1, -0.05) is 65.7 Å². The van der Waals surface area contributed by atoms with Crippen LogP contribution in [0, 0.1) is 13.8 Å². The van der Waals surface area contributed by atoms with Crippen LogP contribution in [0.5, 0.6) is 5.75 Å². The van der Waals surface area contributed by atoms with Crippen molar-refractivity contribution in [1.29, 1.82) is 0 Å². The molecule has 1 N–H and O–H groups in total. The Kier molecular flexibility index (Phi) is 9.80. The third kappa shape index (κ3) is 7.74. The van der Waals surface area contributed by atoms with Crippen LogP contribution in [0.3, 0.4) is 0 Å². The van der Waals surface area contributed by atoms with Crippen molar-refractivity contribution >= 4 is 35.0 Å². The molecule has 2 amide bonds. The highest BCUT2D eigenvalue weighted by molar-refractivity contribution is 6.32. The van der Waals surface area contributed by atoms with Crippen LogP contribution < -0.4 is 10.1 Å². The lowest BCUT2D eigenvalue weighted by atomic mass is 10.0. The van der Waals surface area contributed by atoms with E-state index in [0.29, 0.717) is 22.2 Å². The van der Waals surface area contributed by atoms with Crippen molar-refractivity contribution in [3.8, 4) is 5.75 Å². The number of amides is 2. The molecule has 0 bridgehead atoms. The zero-order valence-electron chi connectivity index (χ0n) is 21.1. The van der Waals surface area contributed by atoms with E-state index in [1.807, 2.05) is 70.2 Å². The molecule has 0 saturated carbocycles. The molecule has 0 heterocycles. The van der Waals surface area contributed by atoms with Crippen LogP contribution in [0.15, 0.2) is 66.7 Å². The van der Waals surface area contributed by atoms with Crippen molar-refractivity contribution in [2.75, 3.05) is 6.61 Å². The van der Waals surface area contributed by atoms with Crippen molar-refractivity contribution in [3.63, 3.8) is 0 Å². The number of rotatable bonds is 10. The van der Waals surface area contributed by atoms with E-state index in [1.165, 1.54) is 0 Å². The van der Waals surface area contributed by atoms with Crippen molar-refractivity contribution in [2.24, 2.45) is 0 Å². The molecule has 0 aliphatic carbocycles. The Bertz CT molecular complexity index is 1180. The molecule has 0 aliphatic heterocycles. The van der Waals surface area contributed by atoms with E-state index in [9.17, 15) is 9.59 Å². The molecule has 0 unspecified atom stereocenters. The first kappa shape index (κ1) is 27.6. The molecule has 0 aliphatic rings. The smallest absolute Gasteiger partial charge is 0.261 e. The Hall–Kier alpha value is -3.02. The first-order valence-corrected chi connectivity index (χ1v) is 12.7. The zero-order valence-corrected chi connectivity index (χ0v) is 22.6. The number of carbonyl (C=O) groups excluding carboxylic acids is 2. The van der Waals surface area contributed by atoms with Gasteiger partial charge in [0.05, 0.1) is 0 Å². The molecule has 0 spiro atoms. The summed E-state index contributed by atoms with van der Waals surface area (Å²) in [7, 11) is 0. The van der Waals surface area contributed by atoms with Crippen LogP contribution in [-0.2, 0) is 22.6 Å². The number of nitrogens with one attached hydrogen (secondary N) is 1. The molecule has 1 atom stereocenters. The third-order valence-corrected chi connectivity index (χ3v) is 6.55. The molecule has 0 aromatic heterocycles. The zero-order chi connectivity index (χ0) is 26.2. The van der Waals surface area contributed by atoms with Gasteiger partial charge in [-0.2, -0.15) is 0 Å². The summed E-state index contributed by atoms with van der Waals surface area (Å²) in [4.78, 5) is 28.6. The number of aryl methyl sites for hydroxylation is 2. The van der Waals surface area contributed by atoms with Crippen LogP contribution >= 0.6 is 23.2 Å². The molecular weight excluding hydrogens is 495 g/mol. The second-order valence-corrected chi connectivity index (χ2v) is 9.99. The topological polar surface area (TPSA) is 58.6 Å². The van der Waals surface area contributed by atoms with E-state index in [4.69, 9.17) is 27.9 Å². The van der Waals surface area contributed by atoms with Crippen molar-refractivity contribution < 1.29 is 14.3 Å². The van der Waals surface area contributed by atoms with Crippen molar-refractivity contribution in [1.82, 2.24) is 10.2 Å². The molecule has 3 rings (SSSR count). The Labute approximate surface area is 223 Å². The van der Waals surface area contributed by atoms with Gasteiger partial charge in [0.25, 0.3) is 5.91 Å². The minimum Gasteiger partial charge on any atom is -0.484 e. The largest absolute Gasteiger partial charge is 0.484 e. The third-order valence-electron chi connectivity index (χ3n) is 5.72.